The predicted octanol–water partition coefficient (Wildman–Crippen LogP) is 1.35. The van der Waals surface area contributed by atoms with Gasteiger partial charge in [-0.05, 0) is 6.92 Å². The zero-order valence-electron chi connectivity index (χ0n) is 8.22. The summed E-state index contributed by atoms with van der Waals surface area (Å²) < 4.78 is 0. The molecule has 0 radical (unpaired) electrons. The second kappa shape index (κ2) is 5.80. The van der Waals surface area contributed by atoms with Crippen molar-refractivity contribution in [1.29, 1.82) is 0 Å². The maximum atomic E-state index is 10.8. The molecular formula is C9H15NO2S. The van der Waals surface area contributed by atoms with E-state index in [9.17, 15) is 9.59 Å². The Hall–Kier alpha value is -0.770. The zero-order chi connectivity index (χ0) is 10.4. The highest BCUT2D eigenvalue weighted by Crippen LogP contribution is 2.09. The van der Waals surface area contributed by atoms with Crippen molar-refractivity contribution in [2.24, 2.45) is 0 Å². The first-order valence-corrected chi connectivity index (χ1v) is 4.98. The topological polar surface area (TPSA) is 46.2 Å². The minimum absolute atomic E-state index is 0.0524. The van der Waals surface area contributed by atoms with E-state index >= 15 is 0 Å². The molecule has 0 aliphatic heterocycles. The Bertz CT molecular complexity index is 226. The van der Waals surface area contributed by atoms with Crippen LogP contribution in [0.1, 0.15) is 20.8 Å². The fourth-order valence-corrected chi connectivity index (χ4v) is 1.52. The van der Waals surface area contributed by atoms with Gasteiger partial charge in [-0.15, -0.1) is 0 Å². The molecule has 1 N–H and O–H groups in total. The first-order valence-electron chi connectivity index (χ1n) is 3.99. The number of hydrogen-bond acceptors (Lipinski definition) is 3. The Morgan fingerprint density at radius 1 is 1.38 bits per heavy atom. The van der Waals surface area contributed by atoms with E-state index in [1.807, 2.05) is 6.92 Å². The van der Waals surface area contributed by atoms with Crippen LogP contribution < -0.4 is 5.32 Å². The van der Waals surface area contributed by atoms with E-state index in [0.717, 1.165) is 5.57 Å². The van der Waals surface area contributed by atoms with Crippen LogP contribution >= 0.6 is 11.8 Å². The summed E-state index contributed by atoms with van der Waals surface area (Å²) in [5, 5.41) is 2.78. The molecule has 1 amide bonds. The standard InChI is InChI=1S/C9H15NO2S/c1-6(2)9(10-7(3)11)5-13-8(4)12/h9H,1,5H2,2-4H3,(H,10,11). The smallest absolute Gasteiger partial charge is 0.217 e. The van der Waals surface area contributed by atoms with Crippen molar-refractivity contribution in [3.05, 3.63) is 12.2 Å². The van der Waals surface area contributed by atoms with Crippen molar-refractivity contribution >= 4 is 22.8 Å². The van der Waals surface area contributed by atoms with Gasteiger partial charge in [0, 0.05) is 19.6 Å². The van der Waals surface area contributed by atoms with Gasteiger partial charge in [0.2, 0.25) is 5.91 Å². The van der Waals surface area contributed by atoms with Crippen LogP contribution in [-0.2, 0) is 9.59 Å². The molecule has 3 nitrogen and oxygen atoms in total. The third-order valence-corrected chi connectivity index (χ3v) is 2.33. The molecule has 13 heavy (non-hydrogen) atoms. The summed E-state index contributed by atoms with van der Waals surface area (Å²) in [6, 6.07) is -0.105. The average Bonchev–Trinajstić information content (AvgIpc) is 1.96. The summed E-state index contributed by atoms with van der Waals surface area (Å²) in [7, 11) is 0. The van der Waals surface area contributed by atoms with Gasteiger partial charge in [-0.3, -0.25) is 9.59 Å². The maximum Gasteiger partial charge on any atom is 0.217 e. The van der Waals surface area contributed by atoms with Gasteiger partial charge in [-0.1, -0.05) is 23.9 Å². The van der Waals surface area contributed by atoms with Gasteiger partial charge >= 0.3 is 0 Å². The van der Waals surface area contributed by atoms with Crippen molar-refractivity contribution in [1.82, 2.24) is 5.32 Å². The van der Waals surface area contributed by atoms with E-state index in [1.165, 1.54) is 25.6 Å². The molecule has 0 aliphatic carbocycles. The Morgan fingerprint density at radius 2 is 1.92 bits per heavy atom. The lowest BCUT2D eigenvalue weighted by Gasteiger charge is -2.16. The van der Waals surface area contributed by atoms with E-state index in [1.54, 1.807) is 0 Å². The number of carbonyl (C=O) groups excluding carboxylic acids is 2. The SMILES string of the molecule is C=C(C)C(CSC(C)=O)NC(C)=O. The molecule has 1 atom stereocenters. The first kappa shape index (κ1) is 12.2. The van der Waals surface area contributed by atoms with Crippen LogP contribution in [0.4, 0.5) is 0 Å². The molecule has 0 spiro atoms. The van der Waals surface area contributed by atoms with Crippen LogP contribution in [0.5, 0.6) is 0 Å². The van der Waals surface area contributed by atoms with Crippen molar-refractivity contribution in [3.63, 3.8) is 0 Å². The molecule has 0 saturated carbocycles. The lowest BCUT2D eigenvalue weighted by molar-refractivity contribution is -0.119. The minimum atomic E-state index is -0.105. The lowest BCUT2D eigenvalue weighted by Crippen LogP contribution is -2.35. The molecule has 0 saturated heterocycles. The molecule has 0 aromatic rings. The molecule has 0 rings (SSSR count). The molecule has 0 aromatic heterocycles. The van der Waals surface area contributed by atoms with E-state index < -0.39 is 0 Å². The molecule has 4 heteroatoms. The minimum Gasteiger partial charge on any atom is -0.349 e. The second-order valence-corrected chi connectivity index (χ2v) is 4.10. The Kier molecular flexibility index (Phi) is 5.46. The van der Waals surface area contributed by atoms with E-state index in [-0.39, 0.29) is 17.1 Å². The first-order chi connectivity index (χ1) is 5.93. The molecule has 0 heterocycles. The fraction of sp³-hybridized carbons (Fsp3) is 0.556. The van der Waals surface area contributed by atoms with Crippen molar-refractivity contribution in [2.45, 2.75) is 26.8 Å². The van der Waals surface area contributed by atoms with Gasteiger partial charge in [0.05, 0.1) is 6.04 Å². The maximum absolute atomic E-state index is 10.8. The molecule has 0 aliphatic rings. The third kappa shape index (κ3) is 6.40. The van der Waals surface area contributed by atoms with Crippen LogP contribution in [0.3, 0.4) is 0 Å². The lowest BCUT2D eigenvalue weighted by atomic mass is 10.2. The van der Waals surface area contributed by atoms with Gasteiger partial charge < -0.3 is 5.32 Å². The van der Waals surface area contributed by atoms with Gasteiger partial charge in [-0.2, -0.15) is 0 Å². The van der Waals surface area contributed by atoms with Crippen molar-refractivity contribution in [3.8, 4) is 0 Å². The number of thioether (sulfide) groups is 1. The largest absolute Gasteiger partial charge is 0.349 e. The van der Waals surface area contributed by atoms with Crippen molar-refractivity contribution in [2.75, 3.05) is 5.75 Å². The number of carbonyl (C=O) groups is 2. The quantitative estimate of drug-likeness (QED) is 0.698. The van der Waals surface area contributed by atoms with Gasteiger partial charge in [0.1, 0.15) is 0 Å². The molecule has 0 aromatic carbocycles. The van der Waals surface area contributed by atoms with E-state index in [4.69, 9.17) is 0 Å². The Morgan fingerprint density at radius 3 is 2.23 bits per heavy atom. The second-order valence-electron chi connectivity index (χ2n) is 2.90. The summed E-state index contributed by atoms with van der Waals surface area (Å²) in [6.45, 7) is 8.54. The highest BCUT2D eigenvalue weighted by atomic mass is 32.2. The van der Waals surface area contributed by atoms with Crippen LogP contribution in [0.25, 0.3) is 0 Å². The number of rotatable bonds is 4. The Labute approximate surface area is 83.0 Å². The summed E-state index contributed by atoms with van der Waals surface area (Å²) >= 11 is 1.20. The van der Waals surface area contributed by atoms with E-state index in [0.29, 0.717) is 5.75 Å². The van der Waals surface area contributed by atoms with E-state index in [2.05, 4.69) is 11.9 Å². The molecule has 74 valence electrons. The zero-order valence-corrected chi connectivity index (χ0v) is 9.03. The molecule has 0 bridgehead atoms. The average molecular weight is 201 g/mol. The van der Waals surface area contributed by atoms with Crippen LogP contribution in [0, 0.1) is 0 Å². The molecule has 1 unspecified atom stereocenters. The third-order valence-electron chi connectivity index (χ3n) is 1.43. The number of hydrogen-bond donors (Lipinski definition) is 1. The molecular weight excluding hydrogens is 186 g/mol. The highest BCUT2D eigenvalue weighted by Gasteiger charge is 2.11. The van der Waals surface area contributed by atoms with Crippen LogP contribution in [-0.4, -0.2) is 22.8 Å². The summed E-state index contributed by atoms with van der Waals surface area (Å²) in [6.07, 6.45) is 0. The summed E-state index contributed by atoms with van der Waals surface area (Å²) in [5.74, 6) is 0.460. The molecule has 0 fully saturated rings. The van der Waals surface area contributed by atoms with Gasteiger partial charge in [0.25, 0.3) is 0 Å². The number of nitrogens with one attached hydrogen (secondary N) is 1. The van der Waals surface area contributed by atoms with Crippen molar-refractivity contribution < 1.29 is 9.59 Å². The summed E-state index contributed by atoms with van der Waals surface area (Å²) in [4.78, 5) is 21.4. The predicted molar refractivity (Wildman–Crippen MR) is 55.6 cm³/mol. The Balaban J connectivity index is 4.02. The highest BCUT2D eigenvalue weighted by molar-refractivity contribution is 8.13. The fourth-order valence-electron chi connectivity index (χ4n) is 0.753. The van der Waals surface area contributed by atoms with Crippen LogP contribution in [0.2, 0.25) is 0 Å². The van der Waals surface area contributed by atoms with Gasteiger partial charge in [0.15, 0.2) is 5.12 Å². The monoisotopic (exact) mass is 201 g/mol. The summed E-state index contributed by atoms with van der Waals surface area (Å²) in [5.41, 5.74) is 0.865. The normalized spacial score (nSPS) is 11.9. The van der Waals surface area contributed by atoms with Crippen LogP contribution in [0.15, 0.2) is 12.2 Å². The number of amides is 1. The van der Waals surface area contributed by atoms with Gasteiger partial charge in [-0.25, -0.2) is 0 Å².